The van der Waals surface area contributed by atoms with Gasteiger partial charge in [0.1, 0.15) is 12.7 Å². The van der Waals surface area contributed by atoms with Gasteiger partial charge in [-0.2, -0.15) is 20.6 Å². The smallest absolute Gasteiger partial charge is 0.219 e. The number of aromatic nitrogens is 6. The normalized spacial score (nSPS) is 17.8. The molecule has 0 radical (unpaired) electrons. The van der Waals surface area contributed by atoms with E-state index in [0.717, 1.165) is 27.7 Å². The standard InChI is InChI=1S/C22H22N8O2/c1-28-8-9-32-22-16(12-24-30(22)3)13-4-6-17-15(10-13)18(26-25-17)7-5-14-19(11-23)27-29(2)20(14)21(28)31/h4-7,10,12,21,31H,8-9H2,1-3H3,(H,25,26)/b7-5+. The zero-order valence-electron chi connectivity index (χ0n) is 17.9. The van der Waals surface area contributed by atoms with Crippen LogP contribution in [0, 0.1) is 11.3 Å². The van der Waals surface area contributed by atoms with E-state index < -0.39 is 6.23 Å². The molecule has 1 aromatic carbocycles. The number of hydrogen-bond acceptors (Lipinski definition) is 7. The van der Waals surface area contributed by atoms with Crippen molar-refractivity contribution in [3.8, 4) is 23.1 Å². The number of benzene rings is 1. The van der Waals surface area contributed by atoms with E-state index in [1.165, 1.54) is 0 Å². The molecule has 32 heavy (non-hydrogen) atoms. The fourth-order valence-electron chi connectivity index (χ4n) is 4.01. The Morgan fingerprint density at radius 1 is 1.22 bits per heavy atom. The summed E-state index contributed by atoms with van der Waals surface area (Å²) in [6.07, 6.45) is 4.46. The number of ether oxygens (including phenoxy) is 1. The Kier molecular flexibility index (Phi) is 4.77. The summed E-state index contributed by atoms with van der Waals surface area (Å²) in [6, 6.07) is 8.09. The summed E-state index contributed by atoms with van der Waals surface area (Å²) < 4.78 is 9.32. The minimum Gasteiger partial charge on any atom is -0.476 e. The van der Waals surface area contributed by atoms with Crippen LogP contribution in [-0.4, -0.2) is 60.0 Å². The van der Waals surface area contributed by atoms with Crippen LogP contribution >= 0.6 is 0 Å². The number of fused-ring (bicyclic) bond motifs is 4. The van der Waals surface area contributed by atoms with Crippen molar-refractivity contribution in [1.29, 1.82) is 5.26 Å². The Morgan fingerprint density at radius 2 is 2.06 bits per heavy atom. The first-order chi connectivity index (χ1) is 15.5. The van der Waals surface area contributed by atoms with E-state index in [4.69, 9.17) is 4.74 Å². The van der Waals surface area contributed by atoms with Crippen LogP contribution in [-0.2, 0) is 14.1 Å². The van der Waals surface area contributed by atoms with Gasteiger partial charge in [-0.15, -0.1) is 0 Å². The largest absolute Gasteiger partial charge is 0.476 e. The molecule has 0 saturated carbocycles. The van der Waals surface area contributed by atoms with E-state index in [2.05, 4.69) is 26.5 Å². The van der Waals surface area contributed by atoms with Gasteiger partial charge >= 0.3 is 0 Å². The van der Waals surface area contributed by atoms with Gasteiger partial charge in [-0.25, -0.2) is 4.68 Å². The summed E-state index contributed by atoms with van der Waals surface area (Å²) in [5, 5.41) is 37.7. The summed E-state index contributed by atoms with van der Waals surface area (Å²) >= 11 is 0. The Balaban J connectivity index is 1.72. The van der Waals surface area contributed by atoms with Gasteiger partial charge < -0.3 is 9.84 Å². The molecule has 10 heteroatoms. The third-order valence-corrected chi connectivity index (χ3v) is 5.78. The van der Waals surface area contributed by atoms with Gasteiger partial charge in [0.15, 0.2) is 11.9 Å². The van der Waals surface area contributed by atoms with Crippen molar-refractivity contribution in [2.75, 3.05) is 20.2 Å². The molecule has 10 nitrogen and oxygen atoms in total. The maximum absolute atomic E-state index is 11.1. The van der Waals surface area contributed by atoms with Crippen LogP contribution in [0.5, 0.6) is 5.88 Å². The first kappa shape index (κ1) is 20.0. The van der Waals surface area contributed by atoms with Crippen LogP contribution in [0.2, 0.25) is 0 Å². The SMILES string of the molecule is CN1CCOc2c(cnn2C)-c2ccc3n[nH]c(c3c2)/C=C/c2c(C#N)nn(C)c2C1O. The molecule has 1 unspecified atom stereocenters. The number of likely N-dealkylation sites (N-methyl/N-ethyl adjacent to an activating group) is 1. The summed E-state index contributed by atoms with van der Waals surface area (Å²) in [5.41, 5.74) is 4.77. The molecule has 0 spiro atoms. The molecule has 162 valence electrons. The predicted molar refractivity (Wildman–Crippen MR) is 118 cm³/mol. The number of aliphatic hydroxyl groups is 1. The molecule has 4 heterocycles. The predicted octanol–water partition coefficient (Wildman–Crippen LogP) is 2.05. The molecular formula is C22H22N8O2. The number of nitrogens with one attached hydrogen (secondary N) is 1. The second-order valence-electron chi connectivity index (χ2n) is 7.78. The number of nitriles is 1. The van der Waals surface area contributed by atoms with Crippen molar-refractivity contribution in [3.63, 3.8) is 0 Å². The fourth-order valence-corrected chi connectivity index (χ4v) is 4.01. The lowest BCUT2D eigenvalue weighted by atomic mass is 10.0. The minimum atomic E-state index is -0.975. The number of H-pyrrole nitrogens is 1. The van der Waals surface area contributed by atoms with Gasteiger partial charge in [0.25, 0.3) is 0 Å². The summed E-state index contributed by atoms with van der Waals surface area (Å²) in [6.45, 7) is 0.789. The van der Waals surface area contributed by atoms with Crippen LogP contribution in [0.25, 0.3) is 34.2 Å². The average Bonchev–Trinajstić information content (AvgIpc) is 3.45. The molecule has 1 aliphatic heterocycles. The molecule has 0 aliphatic carbocycles. The highest BCUT2D eigenvalue weighted by Crippen LogP contribution is 2.33. The highest BCUT2D eigenvalue weighted by molar-refractivity contribution is 5.93. The lowest BCUT2D eigenvalue weighted by Gasteiger charge is -2.24. The maximum atomic E-state index is 11.1. The zero-order chi connectivity index (χ0) is 22.4. The van der Waals surface area contributed by atoms with Crippen LogP contribution in [0.1, 0.15) is 28.9 Å². The topological polar surface area (TPSA) is 121 Å². The molecule has 0 amide bonds. The Bertz CT molecular complexity index is 1390. The molecule has 3 aromatic heterocycles. The Morgan fingerprint density at radius 3 is 2.88 bits per heavy atom. The van der Waals surface area contributed by atoms with E-state index in [0.29, 0.717) is 30.3 Å². The molecule has 4 aromatic rings. The number of hydrogen-bond donors (Lipinski definition) is 2. The van der Waals surface area contributed by atoms with Crippen molar-refractivity contribution in [2.45, 2.75) is 6.23 Å². The van der Waals surface area contributed by atoms with Crippen molar-refractivity contribution in [1.82, 2.24) is 34.7 Å². The number of rotatable bonds is 0. The Labute approximate surface area is 183 Å². The van der Waals surface area contributed by atoms with Crippen LogP contribution in [0.3, 0.4) is 0 Å². The first-order valence-electron chi connectivity index (χ1n) is 10.1. The lowest BCUT2D eigenvalue weighted by molar-refractivity contribution is 0.00662. The number of nitrogens with zero attached hydrogens (tertiary/aromatic N) is 7. The first-order valence-corrected chi connectivity index (χ1v) is 10.1. The van der Waals surface area contributed by atoms with Gasteiger partial charge in [0.2, 0.25) is 5.88 Å². The highest BCUT2D eigenvalue weighted by atomic mass is 16.5. The van der Waals surface area contributed by atoms with E-state index in [-0.39, 0.29) is 5.69 Å². The third-order valence-electron chi connectivity index (χ3n) is 5.78. The fraction of sp³-hybridized carbons (Fsp3) is 0.273. The van der Waals surface area contributed by atoms with Crippen molar-refractivity contribution in [2.24, 2.45) is 14.1 Å². The van der Waals surface area contributed by atoms with Gasteiger partial charge in [-0.1, -0.05) is 6.07 Å². The van der Waals surface area contributed by atoms with E-state index in [9.17, 15) is 10.4 Å². The monoisotopic (exact) mass is 430 g/mol. The van der Waals surface area contributed by atoms with Crippen molar-refractivity contribution in [3.05, 3.63) is 47.0 Å². The van der Waals surface area contributed by atoms with E-state index in [1.54, 1.807) is 40.6 Å². The van der Waals surface area contributed by atoms with Crippen molar-refractivity contribution >= 4 is 23.1 Å². The van der Waals surface area contributed by atoms with Crippen molar-refractivity contribution < 1.29 is 9.84 Å². The quantitative estimate of drug-likeness (QED) is 0.438. The molecule has 2 bridgehead atoms. The van der Waals surface area contributed by atoms with Crippen LogP contribution < -0.4 is 4.74 Å². The zero-order valence-corrected chi connectivity index (χ0v) is 17.9. The van der Waals surface area contributed by atoms with Gasteiger partial charge in [-0.3, -0.25) is 14.7 Å². The summed E-state index contributed by atoms with van der Waals surface area (Å²) in [7, 11) is 5.35. The van der Waals surface area contributed by atoms with Crippen LogP contribution in [0.15, 0.2) is 24.4 Å². The summed E-state index contributed by atoms with van der Waals surface area (Å²) in [5.74, 6) is 0.649. The minimum absolute atomic E-state index is 0.245. The maximum Gasteiger partial charge on any atom is 0.219 e. The van der Waals surface area contributed by atoms with Gasteiger partial charge in [0.05, 0.1) is 28.7 Å². The van der Waals surface area contributed by atoms with Crippen LogP contribution in [0.4, 0.5) is 0 Å². The third kappa shape index (κ3) is 3.15. The second kappa shape index (κ2) is 7.64. The van der Waals surface area contributed by atoms with E-state index in [1.807, 2.05) is 31.3 Å². The number of aromatic amines is 1. The Hall–Kier alpha value is -3.94. The van der Waals surface area contributed by atoms with Gasteiger partial charge in [-0.05, 0) is 36.9 Å². The molecule has 0 saturated heterocycles. The highest BCUT2D eigenvalue weighted by Gasteiger charge is 2.25. The lowest BCUT2D eigenvalue weighted by Crippen LogP contribution is -2.30. The molecule has 1 aliphatic rings. The average molecular weight is 430 g/mol. The summed E-state index contributed by atoms with van der Waals surface area (Å²) in [4.78, 5) is 1.75. The number of aryl methyl sites for hydroxylation is 2. The molecule has 1 atom stereocenters. The molecule has 5 rings (SSSR count). The molecule has 0 fully saturated rings. The second-order valence-corrected chi connectivity index (χ2v) is 7.78. The molecular weight excluding hydrogens is 408 g/mol. The van der Waals surface area contributed by atoms with E-state index >= 15 is 0 Å². The molecule has 2 N–H and O–H groups in total. The van der Waals surface area contributed by atoms with Gasteiger partial charge in [0, 0.05) is 31.6 Å². The number of aliphatic hydroxyl groups excluding tert-OH is 1.